The summed E-state index contributed by atoms with van der Waals surface area (Å²) in [6, 6.07) is 0. The van der Waals surface area contributed by atoms with Gasteiger partial charge in [0.25, 0.3) is 0 Å². The first kappa shape index (κ1) is 54.1. The minimum atomic E-state index is -3.27. The molecule has 12 nitrogen and oxygen atoms in total. The van der Waals surface area contributed by atoms with Crippen LogP contribution in [0.15, 0.2) is 12.2 Å². The first-order valence-corrected chi connectivity index (χ1v) is 43.4. The molecule has 0 aromatic heterocycles. The quantitative estimate of drug-likeness (QED) is 0.0422. The van der Waals surface area contributed by atoms with E-state index in [0.29, 0.717) is 38.9 Å². The van der Waals surface area contributed by atoms with Crippen molar-refractivity contribution in [1.29, 1.82) is 0 Å². The molecule has 320 valence electrons. The van der Waals surface area contributed by atoms with E-state index in [9.17, 15) is 9.59 Å². The number of rotatable bonds is 28. The summed E-state index contributed by atoms with van der Waals surface area (Å²) in [5.74, 6) is -1.26. The second-order valence-corrected chi connectivity index (χ2v) is 54.0. The lowest BCUT2D eigenvalue weighted by atomic mass is 10.2. The SMILES string of the molecule is COCCC(CCOC(=O)/C=C/C(=O)OCCC(CCOC)[Si](O[Si](C)(C)C)(O[Si](C)(C)C)O[Si](C)(C)C)[Si](O[Si](C)(C)C)(O[Si](C)(C)C)O[Si](C)(C)C. The van der Waals surface area contributed by atoms with E-state index in [0.717, 1.165) is 12.2 Å². The fourth-order valence-corrected chi connectivity index (χ4v) is 35.2. The standard InChI is InChI=1S/C34H80O12Si8/c1-37-27-23-31(53(41-47(3,4)5,42-48(6,7)8)43-49(9,10)11)25-29-39-33(35)21-22-34(36)40-30-26-32(24-28-38-2)54(44-50(12,13)14,45-51(15,16)17)46-52(18,19)20/h21-22,31-32H,23-30H2,1-20H3/b22-21+. The van der Waals surface area contributed by atoms with E-state index in [4.69, 9.17) is 43.6 Å². The molecule has 0 aliphatic carbocycles. The molecule has 0 aromatic rings. The summed E-state index contributed by atoms with van der Waals surface area (Å²) >= 11 is 0. The molecule has 0 spiro atoms. The van der Waals surface area contributed by atoms with E-state index in [-0.39, 0.29) is 24.3 Å². The molecule has 0 aliphatic heterocycles. The van der Waals surface area contributed by atoms with Gasteiger partial charge in [0.05, 0.1) is 13.2 Å². The van der Waals surface area contributed by atoms with Crippen LogP contribution in [0.25, 0.3) is 0 Å². The van der Waals surface area contributed by atoms with Crippen molar-refractivity contribution in [2.75, 3.05) is 40.6 Å². The van der Waals surface area contributed by atoms with Crippen LogP contribution < -0.4 is 0 Å². The zero-order valence-electron chi connectivity index (χ0n) is 37.9. The van der Waals surface area contributed by atoms with Crippen LogP contribution in [0.3, 0.4) is 0 Å². The van der Waals surface area contributed by atoms with Crippen molar-refractivity contribution >= 4 is 79.5 Å². The molecule has 20 heteroatoms. The van der Waals surface area contributed by atoms with Crippen LogP contribution >= 0.6 is 0 Å². The number of carbonyl (C=O) groups is 2. The Labute approximate surface area is 338 Å². The van der Waals surface area contributed by atoms with Gasteiger partial charge in [-0.2, -0.15) is 0 Å². The predicted molar refractivity (Wildman–Crippen MR) is 239 cm³/mol. The third kappa shape index (κ3) is 25.5. The van der Waals surface area contributed by atoms with Crippen LogP contribution in [0.1, 0.15) is 25.7 Å². The van der Waals surface area contributed by atoms with Crippen LogP contribution in [0.2, 0.25) is 129 Å². The monoisotopic (exact) mass is 904 g/mol. The van der Waals surface area contributed by atoms with Gasteiger partial charge in [0.15, 0.2) is 49.9 Å². The third-order valence-corrected chi connectivity index (χ3v) is 31.5. The highest BCUT2D eigenvalue weighted by molar-refractivity contribution is 6.91. The Balaban J connectivity index is 5.99. The summed E-state index contributed by atoms with van der Waals surface area (Å²) in [6.45, 7) is 39.9. The van der Waals surface area contributed by atoms with Crippen molar-refractivity contribution in [3.8, 4) is 0 Å². The molecular weight excluding hydrogens is 825 g/mol. The van der Waals surface area contributed by atoms with Gasteiger partial charge in [0.1, 0.15) is 0 Å². The smallest absolute Gasteiger partial charge is 0.463 e. The predicted octanol–water partition coefficient (Wildman–Crippen LogP) is 9.21. The number of carbonyl (C=O) groups excluding carboxylic acids is 2. The molecule has 0 aliphatic rings. The number of esters is 2. The highest BCUT2D eigenvalue weighted by atomic mass is 28.5. The van der Waals surface area contributed by atoms with Gasteiger partial charge in [-0.1, -0.05) is 0 Å². The topological polar surface area (TPSA) is 126 Å². The van der Waals surface area contributed by atoms with Crippen LogP contribution in [0.5, 0.6) is 0 Å². The maximum atomic E-state index is 12.9. The average molecular weight is 906 g/mol. The lowest BCUT2D eigenvalue weighted by Crippen LogP contribution is -2.63. The van der Waals surface area contributed by atoms with Crippen molar-refractivity contribution in [3.63, 3.8) is 0 Å². The Morgan fingerprint density at radius 1 is 0.389 bits per heavy atom. The summed E-state index contributed by atoms with van der Waals surface area (Å²) < 4.78 is 64.0. The summed E-state index contributed by atoms with van der Waals surface area (Å²) in [5, 5.41) is 0. The molecule has 0 N–H and O–H groups in total. The molecule has 0 radical (unpaired) electrons. The van der Waals surface area contributed by atoms with Gasteiger partial charge in [-0.3, -0.25) is 0 Å². The Bertz CT molecular complexity index is 981. The van der Waals surface area contributed by atoms with Crippen molar-refractivity contribution in [2.24, 2.45) is 0 Å². The molecule has 0 bridgehead atoms. The Kier molecular flexibility index (Phi) is 22.5. The van der Waals surface area contributed by atoms with E-state index < -0.39 is 79.5 Å². The lowest BCUT2D eigenvalue weighted by molar-refractivity contribution is -0.140. The Morgan fingerprint density at radius 2 is 0.593 bits per heavy atom. The van der Waals surface area contributed by atoms with E-state index >= 15 is 0 Å². The molecule has 0 rings (SSSR count). The number of ether oxygens (including phenoxy) is 4. The molecule has 0 saturated heterocycles. The van der Waals surface area contributed by atoms with Gasteiger partial charge in [-0.05, 0) is 144 Å². The minimum absolute atomic E-state index is 0.111. The highest BCUT2D eigenvalue weighted by Gasteiger charge is 2.56. The molecule has 0 saturated carbocycles. The lowest BCUT2D eigenvalue weighted by Gasteiger charge is -2.46. The van der Waals surface area contributed by atoms with Gasteiger partial charge in [0, 0.05) is 50.7 Å². The molecule has 2 unspecified atom stereocenters. The first-order valence-electron chi connectivity index (χ1n) is 19.4. The first-order chi connectivity index (χ1) is 24.2. The van der Waals surface area contributed by atoms with Crippen molar-refractivity contribution in [2.45, 2.75) is 155 Å². The fraction of sp³-hybridized carbons (Fsp3) is 0.882. The van der Waals surface area contributed by atoms with Gasteiger partial charge < -0.3 is 43.6 Å². The normalized spacial score (nSPS) is 15.4. The van der Waals surface area contributed by atoms with Crippen LogP contribution in [-0.4, -0.2) is 120 Å². The summed E-state index contributed by atoms with van der Waals surface area (Å²) in [4.78, 5) is 25.7. The summed E-state index contributed by atoms with van der Waals surface area (Å²) in [7, 11) is -15.9. The molecule has 0 heterocycles. The minimum Gasteiger partial charge on any atom is -0.463 e. The Hall–Kier alpha value is 0.0951. The highest BCUT2D eigenvalue weighted by Crippen LogP contribution is 2.40. The van der Waals surface area contributed by atoms with Crippen LogP contribution in [0, 0.1) is 0 Å². The van der Waals surface area contributed by atoms with Crippen LogP contribution in [0.4, 0.5) is 0 Å². The second kappa shape index (κ2) is 22.5. The maximum absolute atomic E-state index is 12.9. The van der Waals surface area contributed by atoms with E-state index in [1.807, 2.05) is 0 Å². The molecule has 54 heavy (non-hydrogen) atoms. The van der Waals surface area contributed by atoms with Crippen molar-refractivity contribution in [3.05, 3.63) is 12.2 Å². The van der Waals surface area contributed by atoms with Crippen molar-refractivity contribution < 1.29 is 53.2 Å². The second-order valence-electron chi connectivity index (χ2n) is 19.7. The average Bonchev–Trinajstić information content (AvgIpc) is 2.89. The van der Waals surface area contributed by atoms with Crippen LogP contribution in [-0.2, 0) is 53.2 Å². The number of methoxy groups -OCH3 is 2. The van der Waals surface area contributed by atoms with E-state index in [1.165, 1.54) is 0 Å². The molecular formula is C34H80O12Si8. The van der Waals surface area contributed by atoms with Gasteiger partial charge >= 0.3 is 29.5 Å². The van der Waals surface area contributed by atoms with Gasteiger partial charge in [-0.15, -0.1) is 0 Å². The summed E-state index contributed by atoms with van der Waals surface area (Å²) in [5.41, 5.74) is -0.267. The largest absolute Gasteiger partial charge is 0.473 e. The fourth-order valence-electron chi connectivity index (χ4n) is 5.54. The number of hydrogen-bond donors (Lipinski definition) is 0. The maximum Gasteiger partial charge on any atom is 0.473 e. The van der Waals surface area contributed by atoms with Gasteiger partial charge in [-0.25, -0.2) is 9.59 Å². The molecule has 2 atom stereocenters. The Morgan fingerprint density at radius 3 is 0.778 bits per heavy atom. The van der Waals surface area contributed by atoms with E-state index in [1.54, 1.807) is 14.2 Å². The third-order valence-electron chi connectivity index (χ3n) is 6.81. The zero-order chi connectivity index (χ0) is 42.5. The van der Waals surface area contributed by atoms with E-state index in [2.05, 4.69) is 118 Å². The molecule has 0 fully saturated rings. The molecule has 0 amide bonds. The molecule has 0 aromatic carbocycles. The zero-order valence-corrected chi connectivity index (χ0v) is 45.9. The van der Waals surface area contributed by atoms with Gasteiger partial charge in [0.2, 0.25) is 0 Å². The number of hydrogen-bond acceptors (Lipinski definition) is 12. The van der Waals surface area contributed by atoms with Crippen molar-refractivity contribution in [1.82, 2.24) is 0 Å². The summed E-state index contributed by atoms with van der Waals surface area (Å²) in [6.07, 6.45) is 4.48.